The van der Waals surface area contributed by atoms with Gasteiger partial charge in [0.2, 0.25) is 0 Å². The Hall–Kier alpha value is -1.46. The lowest BCUT2D eigenvalue weighted by Crippen LogP contribution is -2.13. The van der Waals surface area contributed by atoms with Gasteiger partial charge in [-0.05, 0) is 30.8 Å². The maximum absolute atomic E-state index is 13.2. The molecular weight excluding hydrogens is 323 g/mol. The highest BCUT2D eigenvalue weighted by Gasteiger charge is 2.02. The van der Waals surface area contributed by atoms with Gasteiger partial charge in [-0.1, -0.05) is 28.9 Å². The fraction of sp³-hybridized carbons (Fsp3) is 0.267. The highest BCUT2D eigenvalue weighted by molar-refractivity contribution is 9.10. The van der Waals surface area contributed by atoms with Crippen molar-refractivity contribution in [3.63, 3.8) is 0 Å². The van der Waals surface area contributed by atoms with E-state index in [1.807, 2.05) is 18.2 Å². The number of halogens is 2. The van der Waals surface area contributed by atoms with Gasteiger partial charge in [-0.15, -0.1) is 0 Å². The van der Waals surface area contributed by atoms with Gasteiger partial charge < -0.3 is 10.1 Å². The number of aromatic nitrogens is 1. The minimum atomic E-state index is -0.330. The maximum atomic E-state index is 13.2. The van der Waals surface area contributed by atoms with E-state index < -0.39 is 0 Å². The standard InChI is InChI=1S/C15H16BrFN2O/c1-2-18-9-13-4-3-5-14(19-13)10-20-15-7-11(16)6-12(17)8-15/h3-8,18H,2,9-10H2,1H3. The smallest absolute Gasteiger partial charge is 0.130 e. The van der Waals surface area contributed by atoms with Crippen molar-refractivity contribution >= 4 is 15.9 Å². The molecule has 0 radical (unpaired) electrons. The Kier molecular flexibility index (Phi) is 5.49. The molecule has 0 bridgehead atoms. The molecule has 0 spiro atoms. The fourth-order valence-corrected chi connectivity index (χ4v) is 2.17. The molecule has 2 rings (SSSR count). The van der Waals surface area contributed by atoms with Gasteiger partial charge in [0.15, 0.2) is 0 Å². The zero-order valence-electron chi connectivity index (χ0n) is 11.2. The molecule has 0 aliphatic rings. The summed E-state index contributed by atoms with van der Waals surface area (Å²) in [4.78, 5) is 4.48. The van der Waals surface area contributed by atoms with E-state index in [4.69, 9.17) is 4.74 Å². The first-order chi connectivity index (χ1) is 9.67. The lowest BCUT2D eigenvalue weighted by molar-refractivity contribution is 0.299. The highest BCUT2D eigenvalue weighted by Crippen LogP contribution is 2.21. The lowest BCUT2D eigenvalue weighted by Gasteiger charge is -2.08. The van der Waals surface area contributed by atoms with Gasteiger partial charge in [0.1, 0.15) is 18.2 Å². The van der Waals surface area contributed by atoms with Crippen LogP contribution in [0.3, 0.4) is 0 Å². The van der Waals surface area contributed by atoms with Crippen molar-refractivity contribution in [3.05, 3.63) is 58.1 Å². The molecule has 0 aliphatic heterocycles. The van der Waals surface area contributed by atoms with Crippen LogP contribution >= 0.6 is 15.9 Å². The van der Waals surface area contributed by atoms with Crippen molar-refractivity contribution in [3.8, 4) is 5.75 Å². The largest absolute Gasteiger partial charge is 0.487 e. The molecule has 0 saturated carbocycles. The molecule has 0 atom stereocenters. The van der Waals surface area contributed by atoms with Crippen molar-refractivity contribution in [2.24, 2.45) is 0 Å². The zero-order chi connectivity index (χ0) is 14.4. The van der Waals surface area contributed by atoms with Crippen molar-refractivity contribution in [2.45, 2.75) is 20.1 Å². The Balaban J connectivity index is 1.99. The number of ether oxygens (including phenoxy) is 1. The summed E-state index contributed by atoms with van der Waals surface area (Å²) < 4.78 is 19.4. The summed E-state index contributed by atoms with van der Waals surface area (Å²) in [5.74, 6) is 0.152. The number of benzene rings is 1. The maximum Gasteiger partial charge on any atom is 0.130 e. The van der Waals surface area contributed by atoms with Crippen LogP contribution in [-0.4, -0.2) is 11.5 Å². The number of hydrogen-bond donors (Lipinski definition) is 1. The molecule has 0 aliphatic carbocycles. The molecule has 1 aromatic heterocycles. The van der Waals surface area contributed by atoms with Gasteiger partial charge in [-0.3, -0.25) is 4.98 Å². The van der Waals surface area contributed by atoms with Gasteiger partial charge in [-0.2, -0.15) is 0 Å². The van der Waals surface area contributed by atoms with E-state index in [9.17, 15) is 4.39 Å². The molecule has 2 aromatic rings. The molecule has 1 heterocycles. The van der Waals surface area contributed by atoms with E-state index in [0.29, 0.717) is 16.8 Å². The summed E-state index contributed by atoms with van der Waals surface area (Å²) in [6, 6.07) is 10.3. The molecular formula is C15H16BrFN2O. The quantitative estimate of drug-likeness (QED) is 0.872. The predicted octanol–water partition coefficient (Wildman–Crippen LogP) is 3.67. The third kappa shape index (κ3) is 4.58. The molecule has 1 N–H and O–H groups in total. The SMILES string of the molecule is CCNCc1cccc(COc2cc(F)cc(Br)c2)n1. The second-order valence-electron chi connectivity index (χ2n) is 4.29. The fourth-order valence-electron chi connectivity index (χ4n) is 1.73. The van der Waals surface area contributed by atoms with Crippen LogP contribution in [-0.2, 0) is 13.2 Å². The minimum absolute atomic E-state index is 0.315. The van der Waals surface area contributed by atoms with Gasteiger partial charge in [0, 0.05) is 17.1 Å². The summed E-state index contributed by atoms with van der Waals surface area (Å²) in [6.07, 6.45) is 0. The first-order valence-corrected chi connectivity index (χ1v) is 7.21. The van der Waals surface area contributed by atoms with E-state index in [2.05, 4.69) is 33.2 Å². The predicted molar refractivity (Wildman–Crippen MR) is 80.0 cm³/mol. The Bertz CT molecular complexity index is 557. The van der Waals surface area contributed by atoms with Gasteiger partial charge >= 0.3 is 0 Å². The molecule has 0 amide bonds. The van der Waals surface area contributed by atoms with Gasteiger partial charge in [0.25, 0.3) is 0 Å². The Morgan fingerprint density at radius 3 is 2.80 bits per heavy atom. The highest BCUT2D eigenvalue weighted by atomic mass is 79.9. The van der Waals surface area contributed by atoms with E-state index in [1.54, 1.807) is 6.07 Å². The molecule has 3 nitrogen and oxygen atoms in total. The normalized spacial score (nSPS) is 10.6. The summed E-state index contributed by atoms with van der Waals surface area (Å²) >= 11 is 3.24. The Labute approximate surface area is 126 Å². The molecule has 5 heteroatoms. The van der Waals surface area contributed by atoms with Crippen LogP contribution in [0.1, 0.15) is 18.3 Å². The minimum Gasteiger partial charge on any atom is -0.487 e. The average Bonchev–Trinajstić information content (AvgIpc) is 2.42. The van der Waals surface area contributed by atoms with Crippen LogP contribution in [0, 0.1) is 5.82 Å². The first kappa shape index (κ1) is 14.9. The number of pyridine rings is 1. The summed E-state index contributed by atoms with van der Waals surface area (Å²) in [5, 5.41) is 3.22. The van der Waals surface area contributed by atoms with Crippen LogP contribution in [0.2, 0.25) is 0 Å². The molecule has 0 fully saturated rings. The zero-order valence-corrected chi connectivity index (χ0v) is 12.8. The molecule has 0 unspecified atom stereocenters. The van der Waals surface area contributed by atoms with E-state index in [0.717, 1.165) is 24.5 Å². The topological polar surface area (TPSA) is 34.1 Å². The number of hydrogen-bond acceptors (Lipinski definition) is 3. The summed E-state index contributed by atoms with van der Waals surface area (Å²) in [5.41, 5.74) is 1.79. The van der Waals surface area contributed by atoms with Crippen molar-refractivity contribution < 1.29 is 9.13 Å². The molecule has 20 heavy (non-hydrogen) atoms. The van der Waals surface area contributed by atoms with Crippen molar-refractivity contribution in [1.82, 2.24) is 10.3 Å². The van der Waals surface area contributed by atoms with E-state index in [-0.39, 0.29) is 5.82 Å². The van der Waals surface area contributed by atoms with Crippen molar-refractivity contribution in [1.29, 1.82) is 0 Å². The Morgan fingerprint density at radius 2 is 2.05 bits per heavy atom. The van der Waals surface area contributed by atoms with Crippen molar-refractivity contribution in [2.75, 3.05) is 6.54 Å². The monoisotopic (exact) mass is 338 g/mol. The molecule has 0 saturated heterocycles. The Morgan fingerprint density at radius 1 is 1.25 bits per heavy atom. The van der Waals surface area contributed by atoms with E-state index >= 15 is 0 Å². The number of nitrogens with zero attached hydrogens (tertiary/aromatic N) is 1. The van der Waals surface area contributed by atoms with Crippen LogP contribution < -0.4 is 10.1 Å². The van der Waals surface area contributed by atoms with Gasteiger partial charge in [-0.25, -0.2) is 4.39 Å². The summed E-state index contributed by atoms with van der Waals surface area (Å²) in [7, 11) is 0. The average molecular weight is 339 g/mol. The number of rotatable bonds is 6. The van der Waals surface area contributed by atoms with Crippen LogP contribution in [0.4, 0.5) is 4.39 Å². The third-order valence-corrected chi connectivity index (χ3v) is 3.10. The van der Waals surface area contributed by atoms with Crippen LogP contribution in [0.15, 0.2) is 40.9 Å². The van der Waals surface area contributed by atoms with Crippen LogP contribution in [0.25, 0.3) is 0 Å². The summed E-state index contributed by atoms with van der Waals surface area (Å²) in [6.45, 7) is 4.00. The van der Waals surface area contributed by atoms with Gasteiger partial charge in [0.05, 0.1) is 11.4 Å². The first-order valence-electron chi connectivity index (χ1n) is 6.42. The second-order valence-corrected chi connectivity index (χ2v) is 5.21. The molecule has 1 aromatic carbocycles. The lowest BCUT2D eigenvalue weighted by atomic mass is 10.3. The number of nitrogens with one attached hydrogen (secondary N) is 1. The molecule has 106 valence electrons. The second kappa shape index (κ2) is 7.36. The van der Waals surface area contributed by atoms with E-state index in [1.165, 1.54) is 12.1 Å². The third-order valence-electron chi connectivity index (χ3n) is 2.64. The van der Waals surface area contributed by atoms with Crippen LogP contribution in [0.5, 0.6) is 5.75 Å².